The van der Waals surface area contributed by atoms with E-state index in [2.05, 4.69) is 51.8 Å². The summed E-state index contributed by atoms with van der Waals surface area (Å²) in [6, 6.07) is 10.5. The molecule has 21 heavy (non-hydrogen) atoms. The number of benzene rings is 1. The van der Waals surface area contributed by atoms with Gasteiger partial charge in [-0.25, -0.2) is 9.97 Å². The molecule has 1 saturated carbocycles. The van der Waals surface area contributed by atoms with Crippen molar-refractivity contribution in [3.8, 4) is 0 Å². The van der Waals surface area contributed by atoms with E-state index in [0.29, 0.717) is 5.92 Å². The zero-order valence-corrected chi connectivity index (χ0v) is 12.7. The maximum Gasteiger partial charge on any atom is 0.136 e. The molecule has 0 saturated heterocycles. The van der Waals surface area contributed by atoms with Crippen molar-refractivity contribution in [1.82, 2.24) is 9.97 Å². The first kappa shape index (κ1) is 13.9. The van der Waals surface area contributed by atoms with Gasteiger partial charge in [-0.15, -0.1) is 0 Å². The molecular weight excluding hydrogens is 260 g/mol. The highest BCUT2D eigenvalue weighted by Crippen LogP contribution is 2.38. The van der Waals surface area contributed by atoms with Crippen molar-refractivity contribution in [3.63, 3.8) is 0 Å². The number of aryl methyl sites for hydroxylation is 1. The molecule has 0 aliphatic heterocycles. The smallest absolute Gasteiger partial charge is 0.136 e. The van der Waals surface area contributed by atoms with Crippen LogP contribution >= 0.6 is 0 Å². The molecule has 0 atom stereocenters. The van der Waals surface area contributed by atoms with Crippen LogP contribution in [0.4, 0.5) is 11.6 Å². The minimum Gasteiger partial charge on any atom is -0.373 e. The minimum atomic E-state index is 0.565. The number of rotatable bonds is 6. The van der Waals surface area contributed by atoms with Crippen LogP contribution in [0.2, 0.25) is 0 Å². The van der Waals surface area contributed by atoms with Gasteiger partial charge in [0.25, 0.3) is 0 Å². The van der Waals surface area contributed by atoms with Crippen molar-refractivity contribution >= 4 is 11.6 Å². The van der Waals surface area contributed by atoms with Gasteiger partial charge in [-0.2, -0.15) is 0 Å². The summed E-state index contributed by atoms with van der Waals surface area (Å²) < 4.78 is 0. The Labute approximate surface area is 126 Å². The van der Waals surface area contributed by atoms with Crippen LogP contribution in [0.15, 0.2) is 30.3 Å². The second-order valence-electron chi connectivity index (χ2n) is 5.62. The van der Waals surface area contributed by atoms with Gasteiger partial charge in [-0.1, -0.05) is 24.3 Å². The van der Waals surface area contributed by atoms with Crippen LogP contribution < -0.4 is 10.6 Å². The molecule has 4 nitrogen and oxygen atoms in total. The largest absolute Gasteiger partial charge is 0.373 e. The number of hydrogen-bond donors (Lipinski definition) is 2. The summed E-state index contributed by atoms with van der Waals surface area (Å²) in [5.41, 5.74) is 2.73. The maximum atomic E-state index is 4.63. The fourth-order valence-electron chi connectivity index (χ4n) is 2.42. The van der Waals surface area contributed by atoms with Crippen molar-refractivity contribution in [3.05, 3.63) is 47.3 Å². The average Bonchev–Trinajstić information content (AvgIpc) is 3.34. The van der Waals surface area contributed by atoms with Crippen LogP contribution in [0.3, 0.4) is 0 Å². The molecule has 0 unspecified atom stereocenters. The van der Waals surface area contributed by atoms with Crippen LogP contribution in [0, 0.1) is 6.92 Å². The normalized spacial score (nSPS) is 14.0. The lowest BCUT2D eigenvalue weighted by molar-refractivity contribution is 0.915. The van der Waals surface area contributed by atoms with Gasteiger partial charge in [-0.05, 0) is 37.3 Å². The lowest BCUT2D eigenvalue weighted by Crippen LogP contribution is -2.09. The fourth-order valence-corrected chi connectivity index (χ4v) is 2.42. The van der Waals surface area contributed by atoms with E-state index < -0.39 is 0 Å². The summed E-state index contributed by atoms with van der Waals surface area (Å²) in [6.45, 7) is 3.04. The first-order valence-electron chi connectivity index (χ1n) is 7.61. The topological polar surface area (TPSA) is 49.8 Å². The van der Waals surface area contributed by atoms with Crippen LogP contribution in [-0.4, -0.2) is 23.6 Å². The molecule has 1 aliphatic rings. The summed E-state index contributed by atoms with van der Waals surface area (Å²) in [7, 11) is 1.90. The number of nitrogens with one attached hydrogen (secondary N) is 2. The molecule has 2 aromatic rings. The van der Waals surface area contributed by atoms with E-state index in [9.17, 15) is 0 Å². The van der Waals surface area contributed by atoms with Crippen molar-refractivity contribution < 1.29 is 0 Å². The average molecular weight is 282 g/mol. The van der Waals surface area contributed by atoms with E-state index in [1.165, 1.54) is 24.0 Å². The standard InChI is InChI=1S/C17H22N4/c1-12-5-3-4-6-13(12)9-10-19-16-11-15(18-2)20-17(21-16)14-7-8-14/h3-6,11,14H,7-10H2,1-2H3,(H2,18,19,20,21). The predicted octanol–water partition coefficient (Wildman–Crippen LogP) is 3.36. The van der Waals surface area contributed by atoms with Gasteiger partial charge < -0.3 is 10.6 Å². The molecule has 0 amide bonds. The van der Waals surface area contributed by atoms with E-state index in [-0.39, 0.29) is 0 Å². The molecular formula is C17H22N4. The molecule has 1 aromatic carbocycles. The summed E-state index contributed by atoms with van der Waals surface area (Å²) in [4.78, 5) is 9.17. The second kappa shape index (κ2) is 6.12. The predicted molar refractivity (Wildman–Crippen MR) is 86.9 cm³/mol. The van der Waals surface area contributed by atoms with Gasteiger partial charge in [0.2, 0.25) is 0 Å². The highest BCUT2D eigenvalue weighted by molar-refractivity contribution is 5.48. The Hall–Kier alpha value is -2.10. The van der Waals surface area contributed by atoms with Gasteiger partial charge in [0.15, 0.2) is 0 Å². The Balaban J connectivity index is 1.64. The Morgan fingerprint density at radius 2 is 1.90 bits per heavy atom. The quantitative estimate of drug-likeness (QED) is 0.853. The first-order valence-corrected chi connectivity index (χ1v) is 7.61. The molecule has 1 fully saturated rings. The third kappa shape index (κ3) is 3.51. The lowest BCUT2D eigenvalue weighted by atomic mass is 10.1. The van der Waals surface area contributed by atoms with E-state index in [4.69, 9.17) is 0 Å². The molecule has 3 rings (SSSR count). The molecule has 1 aromatic heterocycles. The molecule has 0 spiro atoms. The first-order chi connectivity index (χ1) is 10.3. The van der Waals surface area contributed by atoms with Gasteiger partial charge in [0.05, 0.1) is 0 Å². The zero-order chi connectivity index (χ0) is 14.7. The van der Waals surface area contributed by atoms with Crippen LogP contribution in [0.1, 0.15) is 35.7 Å². The van der Waals surface area contributed by atoms with Crippen molar-refractivity contribution in [2.75, 3.05) is 24.2 Å². The minimum absolute atomic E-state index is 0.565. The summed E-state index contributed by atoms with van der Waals surface area (Å²) in [5, 5.41) is 6.54. The molecule has 2 N–H and O–H groups in total. The van der Waals surface area contributed by atoms with Gasteiger partial charge in [0.1, 0.15) is 17.5 Å². The Morgan fingerprint density at radius 3 is 2.62 bits per heavy atom. The van der Waals surface area contributed by atoms with E-state index in [1.54, 1.807) is 0 Å². The van der Waals surface area contributed by atoms with Gasteiger partial charge in [-0.3, -0.25) is 0 Å². The third-order valence-corrected chi connectivity index (χ3v) is 3.90. The van der Waals surface area contributed by atoms with E-state index in [1.807, 2.05) is 13.1 Å². The van der Waals surface area contributed by atoms with Crippen LogP contribution in [-0.2, 0) is 6.42 Å². The van der Waals surface area contributed by atoms with E-state index >= 15 is 0 Å². The van der Waals surface area contributed by atoms with Crippen LogP contribution in [0.5, 0.6) is 0 Å². The Morgan fingerprint density at radius 1 is 1.14 bits per heavy atom. The highest BCUT2D eigenvalue weighted by atomic mass is 15.1. The number of hydrogen-bond acceptors (Lipinski definition) is 4. The number of nitrogens with zero attached hydrogens (tertiary/aromatic N) is 2. The highest BCUT2D eigenvalue weighted by Gasteiger charge is 2.27. The van der Waals surface area contributed by atoms with Crippen molar-refractivity contribution in [1.29, 1.82) is 0 Å². The zero-order valence-electron chi connectivity index (χ0n) is 12.7. The molecule has 1 heterocycles. The molecule has 1 aliphatic carbocycles. The van der Waals surface area contributed by atoms with Gasteiger partial charge >= 0.3 is 0 Å². The maximum absolute atomic E-state index is 4.63. The number of anilines is 2. The summed E-state index contributed by atoms with van der Waals surface area (Å²) >= 11 is 0. The monoisotopic (exact) mass is 282 g/mol. The van der Waals surface area contributed by atoms with E-state index in [0.717, 1.165) is 30.4 Å². The van der Waals surface area contributed by atoms with Crippen molar-refractivity contribution in [2.45, 2.75) is 32.1 Å². The van der Waals surface area contributed by atoms with Gasteiger partial charge in [0, 0.05) is 25.6 Å². The molecule has 4 heteroatoms. The Kier molecular flexibility index (Phi) is 4.04. The number of aromatic nitrogens is 2. The lowest BCUT2D eigenvalue weighted by Gasteiger charge is -2.10. The fraction of sp³-hybridized carbons (Fsp3) is 0.412. The molecule has 0 bridgehead atoms. The Bertz CT molecular complexity index is 620. The molecule has 0 radical (unpaired) electrons. The SMILES string of the molecule is CNc1cc(NCCc2ccccc2C)nc(C2CC2)n1. The second-order valence-corrected chi connectivity index (χ2v) is 5.62. The molecule has 110 valence electrons. The van der Waals surface area contributed by atoms with Crippen LogP contribution in [0.25, 0.3) is 0 Å². The third-order valence-electron chi connectivity index (χ3n) is 3.90. The van der Waals surface area contributed by atoms with Crippen molar-refractivity contribution in [2.24, 2.45) is 0 Å². The summed E-state index contributed by atoms with van der Waals surface area (Å²) in [5.74, 6) is 3.35. The summed E-state index contributed by atoms with van der Waals surface area (Å²) in [6.07, 6.45) is 3.44.